The summed E-state index contributed by atoms with van der Waals surface area (Å²) in [5.41, 5.74) is 3.42. The van der Waals surface area contributed by atoms with Crippen LogP contribution in [0.4, 0.5) is 0 Å². The van der Waals surface area contributed by atoms with Crippen molar-refractivity contribution < 1.29 is 19.7 Å². The van der Waals surface area contributed by atoms with E-state index >= 15 is 0 Å². The molecule has 2 atom stereocenters. The highest BCUT2D eigenvalue weighted by molar-refractivity contribution is 7.22. The van der Waals surface area contributed by atoms with Crippen LogP contribution in [0.3, 0.4) is 0 Å². The molecule has 5 nitrogen and oxygen atoms in total. The first-order valence-electron chi connectivity index (χ1n) is 13.6. The Bertz CT molecular complexity index is 1340. The normalized spacial score (nSPS) is 15.7. The summed E-state index contributed by atoms with van der Waals surface area (Å²) in [6, 6.07) is 21.6. The molecule has 1 fully saturated rings. The van der Waals surface area contributed by atoms with Crippen molar-refractivity contribution in [3.63, 3.8) is 0 Å². The minimum absolute atomic E-state index is 0.223. The molecule has 6 heteroatoms. The Hall–Kier alpha value is -2.90. The topological polar surface area (TPSA) is 62.2 Å². The maximum Gasteiger partial charge on any atom is 0.121 e. The van der Waals surface area contributed by atoms with E-state index in [0.717, 1.165) is 55.9 Å². The third-order valence-corrected chi connectivity index (χ3v) is 8.51. The van der Waals surface area contributed by atoms with Crippen LogP contribution in [0.15, 0.2) is 66.7 Å². The van der Waals surface area contributed by atoms with E-state index in [1.165, 1.54) is 25.9 Å². The summed E-state index contributed by atoms with van der Waals surface area (Å²) in [6.07, 6.45) is 2.45. The molecule has 0 spiro atoms. The minimum atomic E-state index is -0.800. The summed E-state index contributed by atoms with van der Waals surface area (Å²) in [5.74, 6) is 1.04. The molecule has 3 aromatic carbocycles. The fraction of sp³-hybridized carbons (Fsp3) is 0.375. The molecule has 5 rings (SSSR count). The Kier molecular flexibility index (Phi) is 8.65. The lowest BCUT2D eigenvalue weighted by Gasteiger charge is -2.18. The largest absolute Gasteiger partial charge is 0.508 e. The second-order valence-electron chi connectivity index (χ2n) is 10.00. The van der Waals surface area contributed by atoms with E-state index < -0.39 is 6.10 Å². The molecule has 200 valence electrons. The van der Waals surface area contributed by atoms with Crippen molar-refractivity contribution in [1.82, 2.24) is 4.90 Å². The summed E-state index contributed by atoms with van der Waals surface area (Å²) >= 11 is 1.66. The molecular weight excluding hydrogens is 494 g/mol. The number of fused-ring (bicyclic) bond motifs is 1. The van der Waals surface area contributed by atoms with E-state index in [9.17, 15) is 10.2 Å². The molecule has 0 aliphatic carbocycles. The van der Waals surface area contributed by atoms with Gasteiger partial charge in [-0.2, -0.15) is 0 Å². The van der Waals surface area contributed by atoms with Crippen molar-refractivity contribution in [2.24, 2.45) is 0 Å². The van der Waals surface area contributed by atoms with Gasteiger partial charge in [-0.05, 0) is 92.2 Å². The van der Waals surface area contributed by atoms with E-state index in [2.05, 4.69) is 24.0 Å². The molecule has 0 bridgehead atoms. The summed E-state index contributed by atoms with van der Waals surface area (Å²) in [4.78, 5) is 3.43. The summed E-state index contributed by atoms with van der Waals surface area (Å²) in [7, 11) is 0. The zero-order valence-electron chi connectivity index (χ0n) is 22.2. The molecule has 1 aliphatic rings. The molecule has 2 heterocycles. The Morgan fingerprint density at radius 3 is 2.50 bits per heavy atom. The van der Waals surface area contributed by atoms with E-state index in [1.54, 1.807) is 17.4 Å². The predicted molar refractivity (Wildman–Crippen MR) is 155 cm³/mol. The van der Waals surface area contributed by atoms with Crippen LogP contribution in [-0.4, -0.2) is 48.0 Å². The van der Waals surface area contributed by atoms with Gasteiger partial charge in [0.1, 0.15) is 24.2 Å². The highest BCUT2D eigenvalue weighted by Gasteiger charge is 2.23. The third-order valence-electron chi connectivity index (χ3n) is 7.28. The van der Waals surface area contributed by atoms with Crippen molar-refractivity contribution in [1.29, 1.82) is 0 Å². The van der Waals surface area contributed by atoms with Crippen LogP contribution in [-0.2, 0) is 4.74 Å². The van der Waals surface area contributed by atoms with Gasteiger partial charge in [0.2, 0.25) is 0 Å². The van der Waals surface area contributed by atoms with Gasteiger partial charge in [0.05, 0.1) is 6.10 Å². The number of phenolic OH excluding ortho intramolecular Hbond substituents is 1. The number of aromatic hydroxyl groups is 1. The molecule has 1 aliphatic heterocycles. The van der Waals surface area contributed by atoms with Gasteiger partial charge in [0.25, 0.3) is 0 Å². The predicted octanol–water partition coefficient (Wildman–Crippen LogP) is 7.32. The second-order valence-corrected chi connectivity index (χ2v) is 11.0. The first kappa shape index (κ1) is 26.7. The van der Waals surface area contributed by atoms with Crippen LogP contribution in [0, 0.1) is 0 Å². The van der Waals surface area contributed by atoms with Gasteiger partial charge in [0, 0.05) is 33.9 Å². The lowest BCUT2D eigenvalue weighted by atomic mass is 9.95. The van der Waals surface area contributed by atoms with E-state index in [-0.39, 0.29) is 11.9 Å². The molecule has 0 amide bonds. The van der Waals surface area contributed by atoms with Crippen LogP contribution in [0.2, 0.25) is 0 Å². The molecule has 1 aromatic heterocycles. The van der Waals surface area contributed by atoms with Crippen molar-refractivity contribution >= 4 is 21.4 Å². The Labute approximate surface area is 229 Å². The number of likely N-dealkylation sites (tertiary alicyclic amines) is 1. The Balaban J connectivity index is 1.42. The lowest BCUT2D eigenvalue weighted by molar-refractivity contribution is 0.0646. The second kappa shape index (κ2) is 12.3. The molecule has 2 unspecified atom stereocenters. The van der Waals surface area contributed by atoms with Gasteiger partial charge >= 0.3 is 0 Å². The van der Waals surface area contributed by atoms with Crippen LogP contribution >= 0.6 is 11.3 Å². The average molecular weight is 532 g/mol. The third kappa shape index (κ3) is 5.89. The minimum Gasteiger partial charge on any atom is -0.508 e. The number of aliphatic hydroxyl groups excluding tert-OH is 1. The van der Waals surface area contributed by atoms with Gasteiger partial charge < -0.3 is 19.7 Å². The first-order valence-corrected chi connectivity index (χ1v) is 14.5. The maximum atomic E-state index is 11.7. The standard InChI is InChI=1S/C32H37NO4S/c1-3-19-36-22(2)27-21-24(12-15-28(27)34)32-30(26-8-4-5-9-29(26)38-32)31(35)23-10-13-25(14-11-23)37-20-18-33-16-6-7-17-33/h4-5,8-15,21-22,31,34-35H,3,6-7,16-20H2,1-2H3. The number of ether oxygens (including phenoxy) is 2. The number of benzene rings is 3. The number of thiophene rings is 1. The van der Waals surface area contributed by atoms with Gasteiger partial charge in [0.15, 0.2) is 0 Å². The Morgan fingerprint density at radius 2 is 1.74 bits per heavy atom. The Morgan fingerprint density at radius 1 is 0.974 bits per heavy atom. The molecule has 2 N–H and O–H groups in total. The van der Waals surface area contributed by atoms with Crippen LogP contribution in [0.1, 0.15) is 62.0 Å². The van der Waals surface area contributed by atoms with Gasteiger partial charge in [-0.15, -0.1) is 11.3 Å². The number of phenols is 1. The maximum absolute atomic E-state index is 11.7. The van der Waals surface area contributed by atoms with Gasteiger partial charge in [-0.3, -0.25) is 4.90 Å². The number of aliphatic hydroxyl groups is 1. The fourth-order valence-electron chi connectivity index (χ4n) is 5.17. The van der Waals surface area contributed by atoms with Crippen LogP contribution < -0.4 is 4.74 Å². The van der Waals surface area contributed by atoms with Crippen molar-refractivity contribution in [3.05, 3.63) is 83.4 Å². The molecule has 0 radical (unpaired) electrons. The quantitative estimate of drug-likeness (QED) is 0.212. The summed E-state index contributed by atoms with van der Waals surface area (Å²) in [6.45, 7) is 8.62. The highest BCUT2D eigenvalue weighted by atomic mass is 32.1. The number of hydrogen-bond donors (Lipinski definition) is 2. The van der Waals surface area contributed by atoms with Crippen LogP contribution in [0.5, 0.6) is 11.5 Å². The number of rotatable bonds is 11. The number of nitrogens with zero attached hydrogens (tertiary/aromatic N) is 1. The van der Waals surface area contributed by atoms with Crippen molar-refractivity contribution in [2.45, 2.75) is 45.3 Å². The van der Waals surface area contributed by atoms with Gasteiger partial charge in [-0.25, -0.2) is 0 Å². The first-order chi connectivity index (χ1) is 18.5. The SMILES string of the molecule is CCCOC(C)c1cc(-c2sc3ccccc3c2C(O)c2ccc(OCCN3CCCC3)cc2)ccc1O. The van der Waals surface area contributed by atoms with E-state index in [4.69, 9.17) is 9.47 Å². The summed E-state index contributed by atoms with van der Waals surface area (Å²) < 4.78 is 13.0. The fourth-order valence-corrected chi connectivity index (χ4v) is 6.40. The monoisotopic (exact) mass is 531 g/mol. The highest BCUT2D eigenvalue weighted by Crippen LogP contribution is 2.45. The lowest BCUT2D eigenvalue weighted by Crippen LogP contribution is -2.25. The average Bonchev–Trinajstić information content (AvgIpc) is 3.60. The smallest absolute Gasteiger partial charge is 0.121 e. The molecular formula is C32H37NO4S. The van der Waals surface area contributed by atoms with Crippen LogP contribution in [0.25, 0.3) is 20.5 Å². The van der Waals surface area contributed by atoms with E-state index in [0.29, 0.717) is 13.2 Å². The zero-order chi connectivity index (χ0) is 26.5. The number of hydrogen-bond acceptors (Lipinski definition) is 6. The zero-order valence-corrected chi connectivity index (χ0v) is 23.0. The van der Waals surface area contributed by atoms with Crippen molar-refractivity contribution in [3.8, 4) is 21.9 Å². The molecule has 4 aromatic rings. The van der Waals surface area contributed by atoms with E-state index in [1.807, 2.05) is 55.5 Å². The summed E-state index contributed by atoms with van der Waals surface area (Å²) in [5, 5.41) is 23.3. The van der Waals surface area contributed by atoms with Crippen molar-refractivity contribution in [2.75, 3.05) is 32.8 Å². The van der Waals surface area contributed by atoms with Gasteiger partial charge in [-0.1, -0.05) is 37.3 Å². The molecule has 1 saturated heterocycles. The molecule has 38 heavy (non-hydrogen) atoms. The molecule has 0 saturated carbocycles.